The molecule has 0 saturated heterocycles. The van der Waals surface area contributed by atoms with Gasteiger partial charge in [0.05, 0.1) is 17.8 Å². The second-order valence-electron chi connectivity index (χ2n) is 4.25. The SMILES string of the molecule is C=C(/C=C(\C)C(=O)OCC(C)O)C(=O)OCC(C)O. The van der Waals surface area contributed by atoms with Crippen molar-refractivity contribution in [2.75, 3.05) is 13.2 Å². The molecule has 108 valence electrons. The van der Waals surface area contributed by atoms with Gasteiger partial charge in [-0.1, -0.05) is 6.58 Å². The minimum atomic E-state index is -0.766. The summed E-state index contributed by atoms with van der Waals surface area (Å²) in [5, 5.41) is 17.9. The van der Waals surface area contributed by atoms with Gasteiger partial charge in [0.15, 0.2) is 0 Å². The maximum Gasteiger partial charge on any atom is 0.337 e. The first kappa shape index (κ1) is 17.3. The van der Waals surface area contributed by atoms with Gasteiger partial charge in [-0.3, -0.25) is 0 Å². The summed E-state index contributed by atoms with van der Waals surface area (Å²) in [5.41, 5.74) is 0.145. The molecular weight excluding hydrogens is 252 g/mol. The molecule has 0 aromatic carbocycles. The number of ether oxygens (including phenoxy) is 2. The average Bonchev–Trinajstić information content (AvgIpc) is 2.32. The normalized spacial score (nSPS) is 14.5. The summed E-state index contributed by atoms with van der Waals surface area (Å²) in [6.07, 6.45) is -0.289. The number of aliphatic hydroxyl groups excluding tert-OH is 2. The fourth-order valence-corrected chi connectivity index (χ4v) is 0.978. The lowest BCUT2D eigenvalue weighted by Gasteiger charge is -2.08. The van der Waals surface area contributed by atoms with Crippen molar-refractivity contribution in [3.05, 3.63) is 23.8 Å². The number of carbonyl (C=O) groups is 2. The molecule has 0 aromatic rings. The van der Waals surface area contributed by atoms with Crippen LogP contribution in [0.5, 0.6) is 0 Å². The van der Waals surface area contributed by atoms with Crippen LogP contribution >= 0.6 is 0 Å². The molecule has 0 aliphatic heterocycles. The summed E-state index contributed by atoms with van der Waals surface area (Å²) in [7, 11) is 0. The van der Waals surface area contributed by atoms with Crippen LogP contribution in [0.2, 0.25) is 0 Å². The molecule has 0 aromatic heterocycles. The molecule has 0 bridgehead atoms. The Labute approximate surface area is 112 Å². The Bertz CT molecular complexity index is 367. The predicted molar refractivity (Wildman–Crippen MR) is 68.2 cm³/mol. The number of rotatable bonds is 7. The van der Waals surface area contributed by atoms with Crippen molar-refractivity contribution in [1.29, 1.82) is 0 Å². The van der Waals surface area contributed by atoms with Gasteiger partial charge in [0, 0.05) is 5.57 Å². The van der Waals surface area contributed by atoms with E-state index in [4.69, 9.17) is 19.7 Å². The molecule has 0 rings (SSSR count). The second kappa shape index (κ2) is 8.44. The molecule has 0 saturated carbocycles. The van der Waals surface area contributed by atoms with Crippen LogP contribution in [0.15, 0.2) is 23.8 Å². The number of hydrogen-bond donors (Lipinski definition) is 2. The van der Waals surface area contributed by atoms with Gasteiger partial charge in [-0.25, -0.2) is 9.59 Å². The third-order valence-electron chi connectivity index (χ3n) is 1.89. The van der Waals surface area contributed by atoms with Gasteiger partial charge in [-0.15, -0.1) is 0 Å². The third-order valence-corrected chi connectivity index (χ3v) is 1.89. The van der Waals surface area contributed by atoms with Gasteiger partial charge in [-0.05, 0) is 26.8 Å². The summed E-state index contributed by atoms with van der Waals surface area (Å²) in [6.45, 7) is 7.61. The zero-order valence-corrected chi connectivity index (χ0v) is 11.4. The highest BCUT2D eigenvalue weighted by atomic mass is 16.5. The van der Waals surface area contributed by atoms with Gasteiger partial charge in [0.2, 0.25) is 0 Å². The van der Waals surface area contributed by atoms with E-state index >= 15 is 0 Å². The van der Waals surface area contributed by atoms with Crippen LogP contribution in [-0.2, 0) is 19.1 Å². The summed E-state index contributed by atoms with van der Waals surface area (Å²) in [4.78, 5) is 22.8. The first-order valence-corrected chi connectivity index (χ1v) is 5.81. The Hall–Kier alpha value is -1.66. The molecule has 0 spiro atoms. The van der Waals surface area contributed by atoms with E-state index in [-0.39, 0.29) is 24.4 Å². The lowest BCUT2D eigenvalue weighted by molar-refractivity contribution is -0.141. The number of hydrogen-bond acceptors (Lipinski definition) is 6. The zero-order valence-electron chi connectivity index (χ0n) is 11.4. The molecule has 0 fully saturated rings. The van der Waals surface area contributed by atoms with Gasteiger partial charge >= 0.3 is 11.9 Å². The predicted octanol–water partition coefficient (Wildman–Crippen LogP) is 0.337. The smallest absolute Gasteiger partial charge is 0.337 e. The molecule has 6 heteroatoms. The Morgan fingerprint density at radius 2 is 1.53 bits per heavy atom. The lowest BCUT2D eigenvalue weighted by atomic mass is 10.2. The Kier molecular flexibility index (Phi) is 7.71. The van der Waals surface area contributed by atoms with Crippen LogP contribution < -0.4 is 0 Å². The van der Waals surface area contributed by atoms with Crippen LogP contribution in [-0.4, -0.2) is 47.6 Å². The van der Waals surface area contributed by atoms with Crippen LogP contribution in [0.25, 0.3) is 0 Å². The maximum absolute atomic E-state index is 11.4. The van der Waals surface area contributed by atoms with Crippen LogP contribution in [0.4, 0.5) is 0 Å². The van der Waals surface area contributed by atoms with Crippen LogP contribution in [0.3, 0.4) is 0 Å². The van der Waals surface area contributed by atoms with Crippen LogP contribution in [0.1, 0.15) is 20.8 Å². The summed E-state index contributed by atoms with van der Waals surface area (Å²) < 4.78 is 9.47. The number of esters is 2. The minimum Gasteiger partial charge on any atom is -0.460 e. The highest BCUT2D eigenvalue weighted by Gasteiger charge is 2.12. The molecule has 0 aliphatic carbocycles. The average molecular weight is 272 g/mol. The van der Waals surface area contributed by atoms with Gasteiger partial charge in [0.1, 0.15) is 13.2 Å². The van der Waals surface area contributed by atoms with E-state index in [1.807, 2.05) is 0 Å². The second-order valence-corrected chi connectivity index (χ2v) is 4.25. The molecule has 2 N–H and O–H groups in total. The number of aliphatic hydroxyl groups is 2. The first-order valence-electron chi connectivity index (χ1n) is 5.81. The van der Waals surface area contributed by atoms with Crippen LogP contribution in [0, 0.1) is 0 Å². The lowest BCUT2D eigenvalue weighted by Crippen LogP contribution is -2.17. The zero-order chi connectivity index (χ0) is 15.0. The van der Waals surface area contributed by atoms with Gasteiger partial charge in [-0.2, -0.15) is 0 Å². The van der Waals surface area contributed by atoms with Crippen molar-refractivity contribution in [3.8, 4) is 0 Å². The Morgan fingerprint density at radius 3 is 1.95 bits per heavy atom. The highest BCUT2D eigenvalue weighted by Crippen LogP contribution is 2.05. The van der Waals surface area contributed by atoms with E-state index in [2.05, 4.69) is 6.58 Å². The van der Waals surface area contributed by atoms with Gasteiger partial charge in [0.25, 0.3) is 0 Å². The maximum atomic E-state index is 11.4. The molecule has 0 radical (unpaired) electrons. The third kappa shape index (κ3) is 8.12. The van der Waals surface area contributed by atoms with Crippen molar-refractivity contribution >= 4 is 11.9 Å². The topological polar surface area (TPSA) is 93.1 Å². The Balaban J connectivity index is 4.37. The van der Waals surface area contributed by atoms with Crippen molar-refractivity contribution in [2.45, 2.75) is 33.0 Å². The van der Waals surface area contributed by atoms with E-state index in [0.717, 1.165) is 0 Å². The van der Waals surface area contributed by atoms with E-state index in [1.54, 1.807) is 0 Å². The van der Waals surface area contributed by atoms with E-state index in [1.165, 1.54) is 26.8 Å². The quantitative estimate of drug-likeness (QED) is 0.394. The monoisotopic (exact) mass is 272 g/mol. The summed E-state index contributed by atoms with van der Waals surface area (Å²) in [5.74, 6) is -1.37. The summed E-state index contributed by atoms with van der Waals surface area (Å²) >= 11 is 0. The minimum absolute atomic E-state index is 0.0212. The molecule has 2 unspecified atom stereocenters. The van der Waals surface area contributed by atoms with E-state index in [0.29, 0.717) is 0 Å². The van der Waals surface area contributed by atoms with Crippen molar-refractivity contribution in [2.24, 2.45) is 0 Å². The molecule has 0 heterocycles. The Morgan fingerprint density at radius 1 is 1.11 bits per heavy atom. The molecule has 0 amide bonds. The first-order chi connectivity index (χ1) is 8.73. The van der Waals surface area contributed by atoms with E-state index in [9.17, 15) is 9.59 Å². The molecule has 19 heavy (non-hydrogen) atoms. The van der Waals surface area contributed by atoms with Crippen molar-refractivity contribution in [1.82, 2.24) is 0 Å². The summed E-state index contributed by atoms with van der Waals surface area (Å²) in [6, 6.07) is 0. The standard InChI is InChI=1S/C13H20O6/c1-8(12(16)18-6-10(3)14)5-9(2)13(17)19-7-11(4)15/h5,10-11,14-15H,1,6-7H2,2-4H3/b9-5+. The molecule has 2 atom stereocenters. The highest BCUT2D eigenvalue weighted by molar-refractivity contribution is 5.95. The molecular formula is C13H20O6. The van der Waals surface area contributed by atoms with E-state index < -0.39 is 24.1 Å². The fourth-order valence-electron chi connectivity index (χ4n) is 0.978. The van der Waals surface area contributed by atoms with Crippen molar-refractivity contribution < 1.29 is 29.3 Å². The van der Waals surface area contributed by atoms with Crippen molar-refractivity contribution in [3.63, 3.8) is 0 Å². The molecule has 6 nitrogen and oxygen atoms in total. The molecule has 0 aliphatic rings. The fraction of sp³-hybridized carbons (Fsp3) is 0.538. The van der Waals surface area contributed by atoms with Gasteiger partial charge < -0.3 is 19.7 Å². The number of carbonyl (C=O) groups excluding carboxylic acids is 2. The largest absolute Gasteiger partial charge is 0.460 e.